The van der Waals surface area contributed by atoms with Crippen molar-refractivity contribution in [2.45, 2.75) is 37.2 Å². The van der Waals surface area contributed by atoms with Gasteiger partial charge in [-0.2, -0.15) is 11.8 Å². The summed E-state index contributed by atoms with van der Waals surface area (Å²) >= 11 is 1.67. The minimum absolute atomic E-state index is 0.0532. The molecule has 1 unspecified atom stereocenters. The quantitative estimate of drug-likeness (QED) is 0.522. The van der Waals surface area contributed by atoms with E-state index in [9.17, 15) is 13.2 Å². The van der Waals surface area contributed by atoms with Gasteiger partial charge in [0.25, 0.3) is 5.91 Å². The van der Waals surface area contributed by atoms with Gasteiger partial charge in [0.05, 0.1) is 10.9 Å². The number of carbonyl (C=O) groups is 1. The molecule has 0 spiro atoms. The highest BCUT2D eigenvalue weighted by atomic mass is 32.2. The van der Waals surface area contributed by atoms with E-state index in [4.69, 9.17) is 0 Å². The number of rotatable bonds is 9. The second-order valence-corrected chi connectivity index (χ2v) is 9.80. The number of fused-ring (bicyclic) bond motifs is 1. The summed E-state index contributed by atoms with van der Waals surface area (Å²) in [5.41, 5.74) is 0.966. The summed E-state index contributed by atoms with van der Waals surface area (Å²) in [6, 6.07) is 11.0. The summed E-state index contributed by atoms with van der Waals surface area (Å²) < 4.78 is 29.3. The molecule has 1 atom stereocenters. The Morgan fingerprint density at radius 1 is 1.17 bits per heavy atom. The van der Waals surface area contributed by atoms with Crippen LogP contribution in [0.1, 0.15) is 42.5 Å². The van der Waals surface area contributed by atoms with Gasteiger partial charge in [0.15, 0.2) is 11.5 Å². The van der Waals surface area contributed by atoms with E-state index >= 15 is 0 Å². The molecule has 0 aliphatic heterocycles. The van der Waals surface area contributed by atoms with E-state index in [0.29, 0.717) is 17.9 Å². The van der Waals surface area contributed by atoms with Gasteiger partial charge in [-0.3, -0.25) is 9.20 Å². The zero-order chi connectivity index (χ0) is 21.7. The third kappa shape index (κ3) is 5.18. The molecule has 0 aliphatic carbocycles. The van der Waals surface area contributed by atoms with Gasteiger partial charge < -0.3 is 5.32 Å². The van der Waals surface area contributed by atoms with Gasteiger partial charge in [0.1, 0.15) is 0 Å². The molecule has 0 saturated carbocycles. The molecule has 2 N–H and O–H groups in total. The Kier molecular flexibility index (Phi) is 7.11. The highest BCUT2D eigenvalue weighted by molar-refractivity contribution is 7.98. The van der Waals surface area contributed by atoms with Crippen LogP contribution in [0.5, 0.6) is 0 Å². The first-order valence-electron chi connectivity index (χ1n) is 9.53. The molecule has 8 nitrogen and oxygen atoms in total. The number of pyridine rings is 1. The first-order valence-corrected chi connectivity index (χ1v) is 12.4. The Labute approximate surface area is 180 Å². The van der Waals surface area contributed by atoms with Crippen molar-refractivity contribution in [3.8, 4) is 0 Å². The standard InChI is InChI=1S/C20H25N5O3S2/c1-14(2)24-30(27,28)16-8-6-7-15(13-16)20(26)21-17(10-12-29-3)19-23-22-18-9-4-5-11-25(18)19/h4-9,11,13-14,17,24H,10,12H2,1-3H3,(H,21,26). The maximum atomic E-state index is 13.0. The van der Waals surface area contributed by atoms with Crippen LogP contribution in [-0.4, -0.2) is 47.0 Å². The van der Waals surface area contributed by atoms with Gasteiger partial charge in [-0.25, -0.2) is 13.1 Å². The Morgan fingerprint density at radius 2 is 1.97 bits per heavy atom. The fraction of sp³-hybridized carbons (Fsp3) is 0.350. The Balaban J connectivity index is 1.87. The lowest BCUT2D eigenvalue weighted by Gasteiger charge is -2.17. The number of hydrogen-bond acceptors (Lipinski definition) is 6. The number of hydrogen-bond donors (Lipinski definition) is 2. The Bertz CT molecular complexity index is 1130. The topological polar surface area (TPSA) is 105 Å². The van der Waals surface area contributed by atoms with E-state index in [-0.39, 0.29) is 28.4 Å². The maximum Gasteiger partial charge on any atom is 0.251 e. The largest absolute Gasteiger partial charge is 0.342 e. The Morgan fingerprint density at radius 3 is 2.70 bits per heavy atom. The second kappa shape index (κ2) is 9.59. The molecule has 2 aromatic heterocycles. The molecule has 3 aromatic rings. The Hall–Kier alpha value is -2.43. The minimum Gasteiger partial charge on any atom is -0.342 e. The third-order valence-corrected chi connectivity index (χ3v) is 6.67. The molecule has 0 fully saturated rings. The second-order valence-electron chi connectivity index (χ2n) is 7.10. The van der Waals surface area contributed by atoms with Crippen molar-refractivity contribution in [1.82, 2.24) is 24.6 Å². The van der Waals surface area contributed by atoms with Gasteiger partial charge in [-0.15, -0.1) is 10.2 Å². The lowest BCUT2D eigenvalue weighted by atomic mass is 10.1. The number of nitrogens with zero attached hydrogens (tertiary/aromatic N) is 3. The lowest BCUT2D eigenvalue weighted by molar-refractivity contribution is 0.0933. The predicted molar refractivity (Wildman–Crippen MR) is 118 cm³/mol. The smallest absolute Gasteiger partial charge is 0.251 e. The van der Waals surface area contributed by atoms with Crippen molar-refractivity contribution >= 4 is 33.3 Å². The van der Waals surface area contributed by atoms with Gasteiger partial charge in [0, 0.05) is 17.8 Å². The van der Waals surface area contributed by atoms with Crippen molar-refractivity contribution in [1.29, 1.82) is 0 Å². The average Bonchev–Trinajstić information content (AvgIpc) is 3.14. The molecule has 1 aromatic carbocycles. The number of aromatic nitrogens is 3. The van der Waals surface area contributed by atoms with Crippen LogP contribution in [0.4, 0.5) is 0 Å². The van der Waals surface area contributed by atoms with Crippen LogP contribution in [0.2, 0.25) is 0 Å². The molecule has 10 heteroatoms. The van der Waals surface area contributed by atoms with E-state index < -0.39 is 10.0 Å². The molecule has 0 radical (unpaired) electrons. The number of nitrogens with one attached hydrogen (secondary N) is 2. The first-order chi connectivity index (χ1) is 14.3. The molecule has 3 rings (SSSR count). The molecular formula is C20H25N5O3S2. The van der Waals surface area contributed by atoms with Crippen LogP contribution in [0, 0.1) is 0 Å². The molecular weight excluding hydrogens is 422 g/mol. The molecule has 1 amide bonds. The number of amides is 1. The summed E-state index contributed by atoms with van der Waals surface area (Å²) in [5, 5.41) is 11.4. The van der Waals surface area contributed by atoms with E-state index in [1.54, 1.807) is 37.7 Å². The van der Waals surface area contributed by atoms with Gasteiger partial charge in [-0.05, 0) is 62.6 Å². The summed E-state index contributed by atoms with van der Waals surface area (Å²) in [5.74, 6) is 1.09. The van der Waals surface area contributed by atoms with Crippen molar-refractivity contribution in [3.05, 3.63) is 60.0 Å². The van der Waals surface area contributed by atoms with Crippen LogP contribution in [0.25, 0.3) is 5.65 Å². The highest BCUT2D eigenvalue weighted by Gasteiger charge is 2.22. The SMILES string of the molecule is CSCCC(NC(=O)c1cccc(S(=O)(=O)NC(C)C)c1)c1nnc2ccccn12. The average molecular weight is 448 g/mol. The van der Waals surface area contributed by atoms with E-state index in [1.807, 2.05) is 35.1 Å². The fourth-order valence-corrected chi connectivity index (χ4v) is 4.79. The van der Waals surface area contributed by atoms with Crippen LogP contribution >= 0.6 is 11.8 Å². The van der Waals surface area contributed by atoms with Crippen molar-refractivity contribution < 1.29 is 13.2 Å². The molecule has 2 heterocycles. The van der Waals surface area contributed by atoms with E-state index in [2.05, 4.69) is 20.2 Å². The highest BCUT2D eigenvalue weighted by Crippen LogP contribution is 2.20. The zero-order valence-electron chi connectivity index (χ0n) is 17.1. The molecule has 30 heavy (non-hydrogen) atoms. The van der Waals surface area contributed by atoms with Crippen molar-refractivity contribution in [3.63, 3.8) is 0 Å². The van der Waals surface area contributed by atoms with Crippen LogP contribution < -0.4 is 10.0 Å². The lowest BCUT2D eigenvalue weighted by Crippen LogP contribution is -2.32. The normalized spacial score (nSPS) is 12.9. The summed E-state index contributed by atoms with van der Waals surface area (Å²) in [7, 11) is -3.69. The monoisotopic (exact) mass is 447 g/mol. The number of carbonyl (C=O) groups excluding carboxylic acids is 1. The van der Waals surface area contributed by atoms with E-state index in [0.717, 1.165) is 5.75 Å². The van der Waals surface area contributed by atoms with Crippen molar-refractivity contribution in [2.75, 3.05) is 12.0 Å². The van der Waals surface area contributed by atoms with Crippen LogP contribution in [-0.2, 0) is 10.0 Å². The molecule has 0 bridgehead atoms. The molecule has 160 valence electrons. The fourth-order valence-electron chi connectivity index (χ4n) is 3.02. The molecule has 0 aliphatic rings. The van der Waals surface area contributed by atoms with Gasteiger partial charge >= 0.3 is 0 Å². The number of thioether (sulfide) groups is 1. The van der Waals surface area contributed by atoms with Gasteiger partial charge in [0.2, 0.25) is 10.0 Å². The predicted octanol–water partition coefficient (Wildman–Crippen LogP) is 2.64. The summed E-state index contributed by atoms with van der Waals surface area (Å²) in [4.78, 5) is 13.0. The van der Waals surface area contributed by atoms with Crippen molar-refractivity contribution in [2.24, 2.45) is 0 Å². The van der Waals surface area contributed by atoms with E-state index in [1.165, 1.54) is 12.1 Å². The maximum absolute atomic E-state index is 13.0. The first kappa shape index (κ1) is 22.3. The minimum atomic E-state index is -3.69. The summed E-state index contributed by atoms with van der Waals surface area (Å²) in [6.45, 7) is 3.49. The zero-order valence-corrected chi connectivity index (χ0v) is 18.7. The van der Waals surface area contributed by atoms with Crippen LogP contribution in [0.3, 0.4) is 0 Å². The molecule has 0 saturated heterocycles. The van der Waals surface area contributed by atoms with Gasteiger partial charge in [-0.1, -0.05) is 12.1 Å². The van der Waals surface area contributed by atoms with Crippen LogP contribution in [0.15, 0.2) is 53.6 Å². The summed E-state index contributed by atoms with van der Waals surface area (Å²) in [6.07, 6.45) is 4.51. The number of sulfonamides is 1. The third-order valence-electron chi connectivity index (χ3n) is 4.37. The number of benzene rings is 1.